The maximum atomic E-state index is 12.5. The van der Waals surface area contributed by atoms with Crippen LogP contribution in [0.15, 0.2) is 56.6 Å². The second-order valence-electron chi connectivity index (χ2n) is 6.48. The van der Waals surface area contributed by atoms with Crippen LogP contribution in [0.25, 0.3) is 22.0 Å². The zero-order chi connectivity index (χ0) is 20.4. The first kappa shape index (κ1) is 18.6. The van der Waals surface area contributed by atoms with E-state index in [1.807, 2.05) is 13.0 Å². The average molecular weight is 393 g/mol. The number of nitrogens with zero attached hydrogens (tertiary/aromatic N) is 4. The quantitative estimate of drug-likeness (QED) is 0.525. The molecule has 0 aliphatic heterocycles. The number of aryl methyl sites for hydroxylation is 1. The van der Waals surface area contributed by atoms with Crippen LogP contribution in [0.4, 0.5) is 0 Å². The predicted octanol–water partition coefficient (Wildman–Crippen LogP) is 1.08. The van der Waals surface area contributed by atoms with Gasteiger partial charge in [-0.3, -0.25) is 14.2 Å². The molecule has 0 bridgehead atoms. The van der Waals surface area contributed by atoms with Crippen molar-refractivity contribution in [3.63, 3.8) is 0 Å². The molecule has 4 rings (SSSR count). The smallest absolute Gasteiger partial charge is 0.406 e. The fraction of sp³-hybridized carbons (Fsp3) is 0.250. The van der Waals surface area contributed by atoms with Gasteiger partial charge in [-0.05, 0) is 25.1 Å². The van der Waals surface area contributed by atoms with Crippen molar-refractivity contribution in [2.45, 2.75) is 26.4 Å². The van der Waals surface area contributed by atoms with Crippen LogP contribution in [-0.2, 0) is 24.3 Å². The Hall–Kier alpha value is -3.75. The van der Waals surface area contributed by atoms with Gasteiger partial charge in [-0.1, -0.05) is 18.2 Å². The van der Waals surface area contributed by atoms with E-state index in [2.05, 4.69) is 15.4 Å². The van der Waals surface area contributed by atoms with Crippen LogP contribution in [0, 0.1) is 0 Å². The minimum atomic E-state index is -0.518. The van der Waals surface area contributed by atoms with E-state index in [0.29, 0.717) is 34.2 Å². The third kappa shape index (κ3) is 3.54. The summed E-state index contributed by atoms with van der Waals surface area (Å²) in [7, 11) is 0. The first-order chi connectivity index (χ1) is 14.1. The lowest BCUT2D eigenvalue weighted by Gasteiger charge is -2.10. The Morgan fingerprint density at radius 3 is 2.72 bits per heavy atom. The number of rotatable bonds is 6. The van der Waals surface area contributed by atoms with Gasteiger partial charge >= 0.3 is 5.76 Å². The molecular formula is C20H19N5O4. The van der Waals surface area contributed by atoms with E-state index >= 15 is 0 Å². The zero-order valence-electron chi connectivity index (χ0n) is 15.8. The summed E-state index contributed by atoms with van der Waals surface area (Å²) in [4.78, 5) is 40.9. The Balaban J connectivity index is 1.49. The molecule has 0 fully saturated rings. The molecule has 9 nitrogen and oxygen atoms in total. The summed E-state index contributed by atoms with van der Waals surface area (Å²) in [5.74, 6) is -0.770. The first-order valence-electron chi connectivity index (χ1n) is 9.28. The van der Waals surface area contributed by atoms with Crippen LogP contribution in [0.2, 0.25) is 0 Å². The Morgan fingerprint density at radius 2 is 1.93 bits per heavy atom. The van der Waals surface area contributed by atoms with Gasteiger partial charge in [-0.2, -0.15) is 5.10 Å². The van der Waals surface area contributed by atoms with Crippen LogP contribution in [-0.4, -0.2) is 31.8 Å². The van der Waals surface area contributed by atoms with E-state index in [9.17, 15) is 14.4 Å². The summed E-state index contributed by atoms with van der Waals surface area (Å²) in [6, 6.07) is 10.5. The van der Waals surface area contributed by atoms with E-state index in [1.54, 1.807) is 36.5 Å². The third-order valence-electron chi connectivity index (χ3n) is 4.65. The summed E-state index contributed by atoms with van der Waals surface area (Å²) >= 11 is 0. The zero-order valence-corrected chi connectivity index (χ0v) is 15.8. The lowest BCUT2D eigenvalue weighted by Crippen LogP contribution is -2.32. The van der Waals surface area contributed by atoms with Crippen molar-refractivity contribution in [1.82, 2.24) is 24.6 Å². The number of aromatic nitrogens is 4. The number of hydrogen-bond donors (Lipinski definition) is 1. The summed E-state index contributed by atoms with van der Waals surface area (Å²) in [5.41, 5.74) is 1.20. The molecule has 3 heterocycles. The molecule has 0 saturated heterocycles. The fourth-order valence-electron chi connectivity index (χ4n) is 3.27. The molecule has 0 unspecified atom stereocenters. The molecule has 9 heteroatoms. The Bertz CT molecular complexity index is 1320. The van der Waals surface area contributed by atoms with E-state index in [-0.39, 0.29) is 31.0 Å². The van der Waals surface area contributed by atoms with Gasteiger partial charge in [0.15, 0.2) is 11.2 Å². The lowest BCUT2D eigenvalue weighted by atomic mass is 10.1. The van der Waals surface area contributed by atoms with Crippen LogP contribution < -0.4 is 16.6 Å². The van der Waals surface area contributed by atoms with Gasteiger partial charge in [-0.25, -0.2) is 14.5 Å². The van der Waals surface area contributed by atoms with Crippen molar-refractivity contribution in [1.29, 1.82) is 0 Å². The van der Waals surface area contributed by atoms with Crippen LogP contribution in [0.5, 0.6) is 0 Å². The number of nitrogens with one attached hydrogen (secondary N) is 1. The van der Waals surface area contributed by atoms with Crippen molar-refractivity contribution in [2.24, 2.45) is 0 Å². The van der Waals surface area contributed by atoms with Crippen LogP contribution in [0.1, 0.15) is 12.6 Å². The molecule has 0 atom stereocenters. The Labute approximate surface area is 164 Å². The molecule has 148 valence electrons. The number of carbonyl (C=O) groups is 1. The van der Waals surface area contributed by atoms with E-state index in [4.69, 9.17) is 4.42 Å². The largest absolute Gasteiger partial charge is 0.421 e. The molecule has 0 spiro atoms. The van der Waals surface area contributed by atoms with Gasteiger partial charge in [0, 0.05) is 31.2 Å². The summed E-state index contributed by atoms with van der Waals surface area (Å²) in [6.45, 7) is 2.71. The summed E-state index contributed by atoms with van der Waals surface area (Å²) in [6.07, 6.45) is 1.60. The number of hydrogen-bond acceptors (Lipinski definition) is 6. The molecule has 3 aromatic heterocycles. The SMILES string of the molecule is CCn1nc(CC(=O)NCCn2c(=O)oc3cccnc32)c2ccccc2c1=O. The average Bonchev–Trinajstić information content (AvgIpc) is 3.05. The van der Waals surface area contributed by atoms with Gasteiger partial charge in [0.2, 0.25) is 5.91 Å². The topological polar surface area (TPSA) is 112 Å². The number of fused-ring (bicyclic) bond motifs is 2. The number of pyridine rings is 1. The highest BCUT2D eigenvalue weighted by atomic mass is 16.4. The normalized spacial score (nSPS) is 11.2. The lowest BCUT2D eigenvalue weighted by molar-refractivity contribution is -0.120. The van der Waals surface area contributed by atoms with Gasteiger partial charge in [0.1, 0.15) is 0 Å². The number of amides is 1. The maximum Gasteiger partial charge on any atom is 0.421 e. The van der Waals surface area contributed by atoms with Crippen LogP contribution in [0.3, 0.4) is 0 Å². The van der Waals surface area contributed by atoms with E-state index in [0.717, 1.165) is 0 Å². The number of benzene rings is 1. The summed E-state index contributed by atoms with van der Waals surface area (Å²) in [5, 5.41) is 8.32. The third-order valence-corrected chi connectivity index (χ3v) is 4.65. The number of oxazole rings is 1. The molecule has 1 N–H and O–H groups in total. The van der Waals surface area contributed by atoms with Crippen molar-refractivity contribution >= 4 is 27.9 Å². The van der Waals surface area contributed by atoms with E-state index in [1.165, 1.54) is 9.25 Å². The second-order valence-corrected chi connectivity index (χ2v) is 6.48. The Kier molecular flexibility index (Phi) is 4.94. The molecule has 1 amide bonds. The van der Waals surface area contributed by atoms with Crippen molar-refractivity contribution in [3.05, 3.63) is 69.2 Å². The molecule has 0 aliphatic rings. The highest BCUT2D eigenvalue weighted by molar-refractivity contribution is 5.88. The predicted molar refractivity (Wildman–Crippen MR) is 107 cm³/mol. The molecule has 29 heavy (non-hydrogen) atoms. The molecule has 1 aromatic carbocycles. The van der Waals surface area contributed by atoms with Crippen LogP contribution >= 0.6 is 0 Å². The Morgan fingerprint density at radius 1 is 1.14 bits per heavy atom. The molecule has 0 aliphatic carbocycles. The van der Waals surface area contributed by atoms with Crippen molar-refractivity contribution < 1.29 is 9.21 Å². The minimum Gasteiger partial charge on any atom is -0.406 e. The highest BCUT2D eigenvalue weighted by Crippen LogP contribution is 2.14. The van der Waals surface area contributed by atoms with Gasteiger partial charge in [0.05, 0.1) is 17.5 Å². The van der Waals surface area contributed by atoms with Crippen molar-refractivity contribution in [3.8, 4) is 0 Å². The van der Waals surface area contributed by atoms with Crippen molar-refractivity contribution in [2.75, 3.05) is 6.54 Å². The number of carbonyl (C=O) groups excluding carboxylic acids is 1. The highest BCUT2D eigenvalue weighted by Gasteiger charge is 2.14. The maximum absolute atomic E-state index is 12.5. The molecular weight excluding hydrogens is 374 g/mol. The minimum absolute atomic E-state index is 0.0279. The summed E-state index contributed by atoms with van der Waals surface area (Å²) < 4.78 is 7.86. The fourth-order valence-corrected chi connectivity index (χ4v) is 3.27. The first-order valence-corrected chi connectivity index (χ1v) is 9.28. The van der Waals surface area contributed by atoms with Gasteiger partial charge in [-0.15, -0.1) is 0 Å². The van der Waals surface area contributed by atoms with Gasteiger partial charge in [0.25, 0.3) is 5.56 Å². The molecule has 0 radical (unpaired) electrons. The molecule has 0 saturated carbocycles. The standard InChI is InChI=1S/C20H19N5O4/c1-2-25-19(27)14-7-4-3-6-13(14)15(23-25)12-17(26)21-10-11-24-18-16(29-20(24)28)8-5-9-22-18/h3-9H,2,10-12H2,1H3,(H,21,26). The monoisotopic (exact) mass is 393 g/mol. The molecule has 4 aromatic rings. The van der Waals surface area contributed by atoms with Gasteiger partial charge < -0.3 is 9.73 Å². The second kappa shape index (κ2) is 7.70. The van der Waals surface area contributed by atoms with E-state index < -0.39 is 5.76 Å².